The molecule has 1 aromatic carbocycles. The lowest BCUT2D eigenvalue weighted by molar-refractivity contribution is -0.144. The molecule has 98 valence electrons. The molecular formula is C10H12N2O5S. The quantitative estimate of drug-likeness (QED) is 0.664. The van der Waals surface area contributed by atoms with Gasteiger partial charge in [-0.25, -0.2) is 13.6 Å². The van der Waals surface area contributed by atoms with Gasteiger partial charge in [0.05, 0.1) is 5.69 Å². The van der Waals surface area contributed by atoms with Crippen molar-refractivity contribution in [3.05, 3.63) is 24.3 Å². The summed E-state index contributed by atoms with van der Waals surface area (Å²) in [7, 11) is -3.99. The minimum Gasteiger partial charge on any atom is -0.481 e. The van der Waals surface area contributed by atoms with E-state index in [1.807, 2.05) is 0 Å². The van der Waals surface area contributed by atoms with Gasteiger partial charge in [0, 0.05) is 0 Å². The number of carboxylic acid groups (broad SMARTS) is 1. The van der Waals surface area contributed by atoms with Crippen LogP contribution in [0.5, 0.6) is 0 Å². The monoisotopic (exact) mass is 272 g/mol. The fourth-order valence-electron chi connectivity index (χ4n) is 1.17. The van der Waals surface area contributed by atoms with Crippen molar-refractivity contribution >= 4 is 27.6 Å². The van der Waals surface area contributed by atoms with E-state index in [1.165, 1.54) is 31.2 Å². The molecule has 0 saturated carbocycles. The van der Waals surface area contributed by atoms with Gasteiger partial charge in [-0.2, -0.15) is 0 Å². The third-order valence-electron chi connectivity index (χ3n) is 2.22. The summed E-state index contributed by atoms with van der Waals surface area (Å²) in [6, 6.07) is 5.48. The van der Waals surface area contributed by atoms with Gasteiger partial charge in [-0.05, 0) is 19.1 Å². The van der Waals surface area contributed by atoms with E-state index in [-0.39, 0.29) is 10.6 Å². The van der Waals surface area contributed by atoms with Crippen LogP contribution in [0.3, 0.4) is 0 Å². The Labute approximate surface area is 104 Å². The molecule has 7 nitrogen and oxygen atoms in total. The number of para-hydroxylation sites is 1. The van der Waals surface area contributed by atoms with Gasteiger partial charge in [-0.3, -0.25) is 9.59 Å². The molecular weight excluding hydrogens is 260 g/mol. The van der Waals surface area contributed by atoms with Crippen molar-refractivity contribution in [2.75, 3.05) is 5.32 Å². The van der Waals surface area contributed by atoms with Gasteiger partial charge >= 0.3 is 5.97 Å². The summed E-state index contributed by atoms with van der Waals surface area (Å²) in [5.41, 5.74) is -0.0434. The molecule has 0 heterocycles. The minimum absolute atomic E-state index is 0.0434. The molecule has 0 aliphatic rings. The van der Waals surface area contributed by atoms with Gasteiger partial charge < -0.3 is 10.4 Å². The second-order valence-corrected chi connectivity index (χ2v) is 5.12. The summed E-state index contributed by atoms with van der Waals surface area (Å²) >= 11 is 0. The number of benzene rings is 1. The van der Waals surface area contributed by atoms with Crippen molar-refractivity contribution in [1.29, 1.82) is 0 Å². The van der Waals surface area contributed by atoms with Crippen LogP contribution in [0.2, 0.25) is 0 Å². The van der Waals surface area contributed by atoms with Gasteiger partial charge in [0.25, 0.3) is 0 Å². The lowest BCUT2D eigenvalue weighted by atomic mass is 10.1. The Kier molecular flexibility index (Phi) is 4.04. The Balaban J connectivity index is 3.06. The van der Waals surface area contributed by atoms with E-state index < -0.39 is 27.8 Å². The smallest absolute Gasteiger partial charge is 0.315 e. The number of carbonyl (C=O) groups is 2. The molecule has 4 N–H and O–H groups in total. The molecule has 0 aliphatic heterocycles. The number of nitrogens with one attached hydrogen (secondary N) is 1. The van der Waals surface area contributed by atoms with Crippen LogP contribution in [0.4, 0.5) is 5.69 Å². The topological polar surface area (TPSA) is 127 Å². The van der Waals surface area contributed by atoms with E-state index in [1.54, 1.807) is 0 Å². The van der Waals surface area contributed by atoms with Crippen LogP contribution in [-0.4, -0.2) is 25.4 Å². The molecule has 8 heteroatoms. The molecule has 0 bridgehead atoms. The van der Waals surface area contributed by atoms with Crippen LogP contribution in [0, 0.1) is 5.92 Å². The lowest BCUT2D eigenvalue weighted by Gasteiger charge is -2.11. The van der Waals surface area contributed by atoms with Crippen molar-refractivity contribution < 1.29 is 23.1 Å². The second-order valence-electron chi connectivity index (χ2n) is 3.59. The molecule has 1 rings (SSSR count). The van der Waals surface area contributed by atoms with E-state index in [0.717, 1.165) is 0 Å². The average Bonchev–Trinajstić information content (AvgIpc) is 2.27. The number of sulfonamides is 1. The third-order valence-corrected chi connectivity index (χ3v) is 3.18. The van der Waals surface area contributed by atoms with Crippen LogP contribution < -0.4 is 10.5 Å². The van der Waals surface area contributed by atoms with E-state index in [0.29, 0.717) is 0 Å². The standard InChI is InChI=1S/C10H12N2O5S/c1-6(10(14)15)9(13)12-7-4-2-3-5-8(7)18(11,16)17/h2-6H,1H3,(H,12,13)(H,14,15)(H2,11,16,17). The van der Waals surface area contributed by atoms with Crippen LogP contribution in [-0.2, 0) is 19.6 Å². The van der Waals surface area contributed by atoms with E-state index >= 15 is 0 Å². The second kappa shape index (κ2) is 5.15. The first-order valence-electron chi connectivity index (χ1n) is 4.89. The molecule has 0 radical (unpaired) electrons. The normalized spacial score (nSPS) is 12.8. The van der Waals surface area contributed by atoms with Crippen LogP contribution in [0.25, 0.3) is 0 Å². The number of hydrogen-bond donors (Lipinski definition) is 3. The number of rotatable bonds is 4. The largest absolute Gasteiger partial charge is 0.481 e. The molecule has 0 aromatic heterocycles. The maximum absolute atomic E-state index is 11.5. The van der Waals surface area contributed by atoms with Crippen LogP contribution >= 0.6 is 0 Å². The van der Waals surface area contributed by atoms with Gasteiger partial charge in [-0.15, -0.1) is 0 Å². The molecule has 1 unspecified atom stereocenters. The predicted octanol–water partition coefficient (Wildman–Crippen LogP) is -0.00680. The zero-order valence-electron chi connectivity index (χ0n) is 9.45. The van der Waals surface area contributed by atoms with Crippen molar-refractivity contribution in [2.24, 2.45) is 11.1 Å². The number of primary sulfonamides is 1. The highest BCUT2D eigenvalue weighted by Crippen LogP contribution is 2.19. The SMILES string of the molecule is CC(C(=O)O)C(=O)Nc1ccccc1S(N)(=O)=O. The summed E-state index contributed by atoms with van der Waals surface area (Å²) in [6.45, 7) is 1.19. The van der Waals surface area contributed by atoms with E-state index in [9.17, 15) is 18.0 Å². The Morgan fingerprint density at radius 1 is 1.33 bits per heavy atom. The highest BCUT2D eigenvalue weighted by atomic mass is 32.2. The molecule has 0 fully saturated rings. The van der Waals surface area contributed by atoms with Crippen LogP contribution in [0.15, 0.2) is 29.2 Å². The van der Waals surface area contributed by atoms with E-state index in [4.69, 9.17) is 10.2 Å². The molecule has 1 atom stereocenters. The number of aliphatic carboxylic acids is 1. The predicted molar refractivity (Wildman–Crippen MR) is 63.2 cm³/mol. The lowest BCUT2D eigenvalue weighted by Crippen LogP contribution is -2.28. The zero-order valence-corrected chi connectivity index (χ0v) is 10.3. The van der Waals surface area contributed by atoms with Crippen molar-refractivity contribution in [2.45, 2.75) is 11.8 Å². The number of nitrogens with two attached hydrogens (primary N) is 1. The molecule has 1 amide bonds. The minimum atomic E-state index is -3.99. The van der Waals surface area contributed by atoms with E-state index in [2.05, 4.69) is 5.32 Å². The van der Waals surface area contributed by atoms with Gasteiger partial charge in [-0.1, -0.05) is 12.1 Å². The highest BCUT2D eigenvalue weighted by Gasteiger charge is 2.22. The molecule has 0 aliphatic carbocycles. The van der Waals surface area contributed by atoms with Crippen molar-refractivity contribution in [3.8, 4) is 0 Å². The zero-order chi connectivity index (χ0) is 13.9. The van der Waals surface area contributed by atoms with Gasteiger partial charge in [0.1, 0.15) is 10.8 Å². The summed E-state index contributed by atoms with van der Waals surface area (Å²) in [4.78, 5) is 21.8. The Morgan fingerprint density at radius 2 is 1.89 bits per heavy atom. The number of carboxylic acids is 1. The fourth-order valence-corrected chi connectivity index (χ4v) is 1.86. The van der Waals surface area contributed by atoms with Crippen LogP contribution in [0.1, 0.15) is 6.92 Å². The first kappa shape index (κ1) is 14.1. The summed E-state index contributed by atoms with van der Waals surface area (Å²) in [5.74, 6) is -3.42. The molecule has 0 saturated heterocycles. The maximum Gasteiger partial charge on any atom is 0.315 e. The van der Waals surface area contributed by atoms with Gasteiger partial charge in [0.2, 0.25) is 15.9 Å². The summed E-state index contributed by atoms with van der Waals surface area (Å²) < 4.78 is 22.5. The summed E-state index contributed by atoms with van der Waals surface area (Å²) in [5, 5.41) is 15.8. The number of amides is 1. The molecule has 0 spiro atoms. The van der Waals surface area contributed by atoms with Crippen molar-refractivity contribution in [3.63, 3.8) is 0 Å². The maximum atomic E-state index is 11.5. The first-order chi connectivity index (χ1) is 8.23. The summed E-state index contributed by atoms with van der Waals surface area (Å²) in [6.07, 6.45) is 0. The molecule has 1 aromatic rings. The molecule has 18 heavy (non-hydrogen) atoms. The Hall–Kier alpha value is -1.93. The average molecular weight is 272 g/mol. The number of anilines is 1. The Morgan fingerprint density at radius 3 is 2.39 bits per heavy atom. The first-order valence-corrected chi connectivity index (χ1v) is 6.43. The fraction of sp³-hybridized carbons (Fsp3) is 0.200. The number of carbonyl (C=O) groups excluding carboxylic acids is 1. The number of hydrogen-bond acceptors (Lipinski definition) is 4. The third kappa shape index (κ3) is 3.28. The van der Waals surface area contributed by atoms with Gasteiger partial charge in [0.15, 0.2) is 0 Å². The van der Waals surface area contributed by atoms with Crippen molar-refractivity contribution in [1.82, 2.24) is 0 Å². The highest BCUT2D eigenvalue weighted by molar-refractivity contribution is 7.89. The Bertz CT molecular complexity index is 582.